The van der Waals surface area contributed by atoms with Crippen molar-refractivity contribution in [1.29, 1.82) is 0 Å². The van der Waals surface area contributed by atoms with Gasteiger partial charge >= 0.3 is 5.69 Å². The van der Waals surface area contributed by atoms with Crippen molar-refractivity contribution in [2.45, 2.75) is 13.0 Å². The SMILES string of the molecule is CC(Nc1c(N)n(C)c(=O)[nH]c1=O)c1cn[nH]c1. The van der Waals surface area contributed by atoms with Gasteiger partial charge in [-0.15, -0.1) is 0 Å². The number of hydrogen-bond donors (Lipinski definition) is 4. The molecule has 0 fully saturated rings. The molecule has 0 aliphatic heterocycles. The van der Waals surface area contributed by atoms with E-state index in [4.69, 9.17) is 5.73 Å². The Morgan fingerprint density at radius 2 is 2.22 bits per heavy atom. The molecule has 0 aliphatic carbocycles. The van der Waals surface area contributed by atoms with Gasteiger partial charge in [-0.2, -0.15) is 5.10 Å². The van der Waals surface area contributed by atoms with Gasteiger partial charge in [0.2, 0.25) is 0 Å². The number of aromatic nitrogens is 4. The molecule has 18 heavy (non-hydrogen) atoms. The Kier molecular flexibility index (Phi) is 2.92. The van der Waals surface area contributed by atoms with Crippen molar-refractivity contribution in [3.63, 3.8) is 0 Å². The van der Waals surface area contributed by atoms with E-state index in [1.807, 2.05) is 6.92 Å². The van der Waals surface area contributed by atoms with Crippen LogP contribution in [0, 0.1) is 0 Å². The first kappa shape index (κ1) is 12.0. The highest BCUT2D eigenvalue weighted by Gasteiger charge is 2.13. The lowest BCUT2D eigenvalue weighted by Gasteiger charge is -2.15. The maximum atomic E-state index is 11.7. The molecular weight excluding hydrogens is 236 g/mol. The molecule has 0 amide bonds. The largest absolute Gasteiger partial charge is 0.383 e. The van der Waals surface area contributed by atoms with Crippen molar-refractivity contribution >= 4 is 11.5 Å². The highest BCUT2D eigenvalue weighted by molar-refractivity contribution is 5.61. The zero-order chi connectivity index (χ0) is 13.3. The van der Waals surface area contributed by atoms with Crippen molar-refractivity contribution in [2.24, 2.45) is 7.05 Å². The first-order valence-corrected chi connectivity index (χ1v) is 5.34. The van der Waals surface area contributed by atoms with Crippen LogP contribution in [-0.2, 0) is 7.05 Å². The molecule has 0 saturated heterocycles. The number of aromatic amines is 2. The fourth-order valence-corrected chi connectivity index (χ4v) is 1.57. The number of rotatable bonds is 3. The molecule has 96 valence electrons. The zero-order valence-electron chi connectivity index (χ0n) is 10.0. The molecule has 2 aromatic rings. The summed E-state index contributed by atoms with van der Waals surface area (Å²) in [7, 11) is 1.49. The fourth-order valence-electron chi connectivity index (χ4n) is 1.57. The predicted molar refractivity (Wildman–Crippen MR) is 67.3 cm³/mol. The number of nitrogens with one attached hydrogen (secondary N) is 3. The van der Waals surface area contributed by atoms with Crippen molar-refractivity contribution in [3.05, 3.63) is 38.8 Å². The van der Waals surface area contributed by atoms with Crippen LogP contribution < -0.4 is 22.3 Å². The average Bonchev–Trinajstić information content (AvgIpc) is 2.85. The van der Waals surface area contributed by atoms with E-state index >= 15 is 0 Å². The molecule has 1 atom stereocenters. The van der Waals surface area contributed by atoms with E-state index in [0.29, 0.717) is 0 Å². The van der Waals surface area contributed by atoms with Gasteiger partial charge in [0.25, 0.3) is 5.56 Å². The monoisotopic (exact) mass is 250 g/mol. The van der Waals surface area contributed by atoms with Crippen molar-refractivity contribution in [2.75, 3.05) is 11.1 Å². The fraction of sp³-hybridized carbons (Fsp3) is 0.300. The molecule has 0 bridgehead atoms. The molecule has 2 heterocycles. The van der Waals surface area contributed by atoms with Crippen LogP contribution in [0.4, 0.5) is 11.5 Å². The quantitative estimate of drug-likeness (QED) is 0.588. The minimum atomic E-state index is -0.543. The molecule has 0 radical (unpaired) electrons. The minimum Gasteiger partial charge on any atom is -0.383 e. The first-order chi connectivity index (χ1) is 8.50. The van der Waals surface area contributed by atoms with Crippen LogP contribution in [0.2, 0.25) is 0 Å². The molecule has 2 rings (SSSR count). The molecular formula is C10H14N6O2. The second-order valence-electron chi connectivity index (χ2n) is 3.98. The van der Waals surface area contributed by atoms with Gasteiger partial charge in [0, 0.05) is 18.8 Å². The van der Waals surface area contributed by atoms with Gasteiger partial charge in [-0.05, 0) is 6.92 Å². The van der Waals surface area contributed by atoms with Gasteiger partial charge in [0.1, 0.15) is 11.5 Å². The lowest BCUT2D eigenvalue weighted by molar-refractivity contribution is 0.801. The first-order valence-electron chi connectivity index (χ1n) is 5.34. The zero-order valence-corrected chi connectivity index (χ0v) is 10.0. The molecule has 0 spiro atoms. The average molecular weight is 250 g/mol. The van der Waals surface area contributed by atoms with Gasteiger partial charge in [0.05, 0.1) is 12.2 Å². The summed E-state index contributed by atoms with van der Waals surface area (Å²) in [4.78, 5) is 25.2. The van der Waals surface area contributed by atoms with Crippen LogP contribution in [0.25, 0.3) is 0 Å². The highest BCUT2D eigenvalue weighted by Crippen LogP contribution is 2.18. The van der Waals surface area contributed by atoms with E-state index in [1.54, 1.807) is 12.4 Å². The number of nitrogens with zero attached hydrogens (tertiary/aromatic N) is 2. The maximum Gasteiger partial charge on any atom is 0.329 e. The van der Waals surface area contributed by atoms with Crippen LogP contribution >= 0.6 is 0 Å². The number of hydrogen-bond acceptors (Lipinski definition) is 5. The third-order valence-corrected chi connectivity index (χ3v) is 2.75. The molecule has 8 nitrogen and oxygen atoms in total. The van der Waals surface area contributed by atoms with Crippen LogP contribution in [-0.4, -0.2) is 19.7 Å². The summed E-state index contributed by atoms with van der Waals surface area (Å²) in [5, 5.41) is 9.47. The number of nitrogens with two attached hydrogens (primary N) is 1. The van der Waals surface area contributed by atoms with Gasteiger partial charge in [-0.1, -0.05) is 0 Å². The Labute approximate surface area is 102 Å². The summed E-state index contributed by atoms with van der Waals surface area (Å²) in [5.41, 5.74) is 5.71. The van der Waals surface area contributed by atoms with Gasteiger partial charge in [0.15, 0.2) is 0 Å². The van der Waals surface area contributed by atoms with Gasteiger partial charge < -0.3 is 11.1 Å². The van der Waals surface area contributed by atoms with Crippen molar-refractivity contribution in [3.8, 4) is 0 Å². The van der Waals surface area contributed by atoms with Gasteiger partial charge in [-0.25, -0.2) is 4.79 Å². The Morgan fingerprint density at radius 3 is 2.83 bits per heavy atom. The van der Waals surface area contributed by atoms with Crippen LogP contribution in [0.5, 0.6) is 0 Å². The highest BCUT2D eigenvalue weighted by atomic mass is 16.2. The lowest BCUT2D eigenvalue weighted by Crippen LogP contribution is -2.32. The Bertz CT molecular complexity index is 654. The molecule has 0 saturated carbocycles. The second kappa shape index (κ2) is 4.40. The number of anilines is 2. The maximum absolute atomic E-state index is 11.7. The van der Waals surface area contributed by atoms with E-state index < -0.39 is 11.2 Å². The normalized spacial score (nSPS) is 12.3. The summed E-state index contributed by atoms with van der Waals surface area (Å²) in [6, 6.07) is -0.162. The second-order valence-corrected chi connectivity index (χ2v) is 3.98. The van der Waals surface area contributed by atoms with E-state index in [1.165, 1.54) is 11.6 Å². The molecule has 1 unspecified atom stereocenters. The summed E-state index contributed by atoms with van der Waals surface area (Å²) < 4.78 is 1.17. The molecule has 0 aliphatic rings. The molecule has 8 heteroatoms. The molecule has 0 aromatic carbocycles. The summed E-state index contributed by atoms with van der Waals surface area (Å²) in [6.45, 7) is 1.86. The summed E-state index contributed by atoms with van der Waals surface area (Å²) in [6.07, 6.45) is 3.36. The summed E-state index contributed by atoms with van der Waals surface area (Å²) in [5.74, 6) is 0.0964. The Balaban J connectivity index is 2.39. The third kappa shape index (κ3) is 1.99. The summed E-state index contributed by atoms with van der Waals surface area (Å²) >= 11 is 0. The smallest absolute Gasteiger partial charge is 0.329 e. The number of H-pyrrole nitrogens is 2. The minimum absolute atomic E-state index is 0.0964. The van der Waals surface area contributed by atoms with E-state index in [2.05, 4.69) is 20.5 Å². The van der Waals surface area contributed by atoms with E-state index in [9.17, 15) is 9.59 Å². The van der Waals surface area contributed by atoms with E-state index in [-0.39, 0.29) is 17.5 Å². The standard InChI is InChI=1S/C10H14N6O2/c1-5(6-3-12-13-4-6)14-7-8(11)16(2)10(18)15-9(7)17/h3-5,14H,11H2,1-2H3,(H,12,13)(H,15,17,18). The van der Waals surface area contributed by atoms with E-state index in [0.717, 1.165) is 5.56 Å². The lowest BCUT2D eigenvalue weighted by atomic mass is 10.2. The van der Waals surface area contributed by atoms with Gasteiger partial charge in [-0.3, -0.25) is 19.4 Å². The van der Waals surface area contributed by atoms with Crippen LogP contribution in [0.3, 0.4) is 0 Å². The van der Waals surface area contributed by atoms with Crippen LogP contribution in [0.1, 0.15) is 18.5 Å². The Morgan fingerprint density at radius 1 is 1.50 bits per heavy atom. The predicted octanol–water partition coefficient (Wildman–Crippen LogP) is -0.448. The van der Waals surface area contributed by atoms with Crippen LogP contribution in [0.15, 0.2) is 22.0 Å². The number of nitrogen functional groups attached to an aromatic ring is 1. The topological polar surface area (TPSA) is 122 Å². The third-order valence-electron chi connectivity index (χ3n) is 2.75. The van der Waals surface area contributed by atoms with Crippen molar-refractivity contribution < 1.29 is 0 Å². The molecule has 2 aromatic heterocycles. The Hall–Kier alpha value is -2.51. The molecule has 5 N–H and O–H groups in total. The van der Waals surface area contributed by atoms with Crippen molar-refractivity contribution in [1.82, 2.24) is 19.7 Å².